The average Bonchev–Trinajstić information content (AvgIpc) is 2.38. The molecule has 0 fully saturated rings. The van der Waals surface area contributed by atoms with Gasteiger partial charge in [-0.15, -0.1) is 0 Å². The molecule has 0 bridgehead atoms. The van der Waals surface area contributed by atoms with Crippen molar-refractivity contribution in [2.24, 2.45) is 0 Å². The Morgan fingerprint density at radius 1 is 1.00 bits per heavy atom. The van der Waals surface area contributed by atoms with Gasteiger partial charge >= 0.3 is 5.97 Å². The van der Waals surface area contributed by atoms with Gasteiger partial charge in [0.1, 0.15) is 12.4 Å². The van der Waals surface area contributed by atoms with Gasteiger partial charge in [-0.05, 0) is 36.4 Å². The van der Waals surface area contributed by atoms with Crippen molar-refractivity contribution in [3.63, 3.8) is 0 Å². The van der Waals surface area contributed by atoms with Gasteiger partial charge in [0.15, 0.2) is 0 Å². The maximum Gasteiger partial charge on any atom is 0.323 e. The third kappa shape index (κ3) is 2.85. The number of carbonyl (C=O) groups is 1. The first-order valence-electron chi connectivity index (χ1n) is 5.47. The van der Waals surface area contributed by atoms with Crippen LogP contribution < -0.4 is 4.90 Å². The molecule has 0 radical (unpaired) electrons. The molecule has 0 aliphatic heterocycles. The van der Waals surface area contributed by atoms with E-state index in [2.05, 4.69) is 0 Å². The monoisotopic (exact) mass is 245 g/mol. The van der Waals surface area contributed by atoms with Gasteiger partial charge in [-0.2, -0.15) is 0 Å². The smallest absolute Gasteiger partial charge is 0.323 e. The predicted molar refractivity (Wildman–Crippen MR) is 67.5 cm³/mol. The van der Waals surface area contributed by atoms with Crippen molar-refractivity contribution in [3.05, 3.63) is 60.4 Å². The number of aliphatic carboxylic acids is 1. The van der Waals surface area contributed by atoms with Crippen molar-refractivity contribution in [1.29, 1.82) is 0 Å². The van der Waals surface area contributed by atoms with Crippen molar-refractivity contribution in [3.8, 4) is 0 Å². The Morgan fingerprint density at radius 3 is 2.11 bits per heavy atom. The Morgan fingerprint density at radius 2 is 1.56 bits per heavy atom. The second-order valence-corrected chi connectivity index (χ2v) is 3.79. The summed E-state index contributed by atoms with van der Waals surface area (Å²) >= 11 is 0. The lowest BCUT2D eigenvalue weighted by Gasteiger charge is -2.22. The maximum atomic E-state index is 12.9. The van der Waals surface area contributed by atoms with E-state index in [-0.39, 0.29) is 12.4 Å². The van der Waals surface area contributed by atoms with Crippen LogP contribution >= 0.6 is 0 Å². The zero-order valence-electron chi connectivity index (χ0n) is 9.58. The molecule has 18 heavy (non-hydrogen) atoms. The molecule has 0 aliphatic rings. The molecule has 0 amide bonds. The Balaban J connectivity index is 2.36. The van der Waals surface area contributed by atoms with Crippen LogP contribution in [-0.4, -0.2) is 17.6 Å². The molecule has 0 heterocycles. The number of hydrogen-bond donors (Lipinski definition) is 1. The first-order chi connectivity index (χ1) is 8.66. The fourth-order valence-corrected chi connectivity index (χ4v) is 1.70. The number of carboxylic acids is 1. The van der Waals surface area contributed by atoms with Gasteiger partial charge in [-0.3, -0.25) is 4.79 Å². The summed E-state index contributed by atoms with van der Waals surface area (Å²) in [5.41, 5.74) is 1.40. The van der Waals surface area contributed by atoms with E-state index < -0.39 is 5.97 Å². The third-order valence-corrected chi connectivity index (χ3v) is 2.50. The maximum absolute atomic E-state index is 12.9. The van der Waals surface area contributed by atoms with Crippen LogP contribution in [0.25, 0.3) is 0 Å². The molecule has 3 nitrogen and oxygen atoms in total. The SMILES string of the molecule is O=C(O)CN(c1ccccc1)c1ccc(F)cc1. The quantitative estimate of drug-likeness (QED) is 0.900. The molecule has 0 saturated carbocycles. The summed E-state index contributed by atoms with van der Waals surface area (Å²) in [6, 6.07) is 14.9. The zero-order chi connectivity index (χ0) is 13.0. The minimum atomic E-state index is -0.942. The number of nitrogens with zero attached hydrogens (tertiary/aromatic N) is 1. The van der Waals surface area contributed by atoms with Crippen LogP contribution in [0.4, 0.5) is 15.8 Å². The van der Waals surface area contributed by atoms with E-state index in [4.69, 9.17) is 5.11 Å². The second-order valence-electron chi connectivity index (χ2n) is 3.79. The van der Waals surface area contributed by atoms with Crippen molar-refractivity contribution >= 4 is 17.3 Å². The number of halogens is 1. The van der Waals surface area contributed by atoms with E-state index in [0.717, 1.165) is 5.69 Å². The Kier molecular flexibility index (Phi) is 3.57. The van der Waals surface area contributed by atoms with Crippen LogP contribution in [0.3, 0.4) is 0 Å². The number of para-hydroxylation sites is 1. The van der Waals surface area contributed by atoms with Crippen LogP contribution in [0.5, 0.6) is 0 Å². The number of anilines is 2. The average molecular weight is 245 g/mol. The molecule has 0 saturated heterocycles. The molecule has 0 aliphatic carbocycles. The Bertz CT molecular complexity index is 525. The lowest BCUT2D eigenvalue weighted by Crippen LogP contribution is -2.24. The highest BCUT2D eigenvalue weighted by molar-refractivity contribution is 5.78. The predicted octanol–water partition coefficient (Wildman–Crippen LogP) is 3.05. The number of benzene rings is 2. The molecule has 4 heteroatoms. The van der Waals surface area contributed by atoms with Gasteiger partial charge in [-0.25, -0.2) is 4.39 Å². The van der Waals surface area contributed by atoms with Gasteiger partial charge in [0.25, 0.3) is 0 Å². The van der Waals surface area contributed by atoms with Crippen molar-refractivity contribution < 1.29 is 14.3 Å². The standard InChI is InChI=1S/C14H12FNO2/c15-11-6-8-13(9-7-11)16(10-14(17)18)12-4-2-1-3-5-12/h1-9H,10H2,(H,17,18). The van der Waals surface area contributed by atoms with Crippen LogP contribution in [0, 0.1) is 5.82 Å². The highest BCUT2D eigenvalue weighted by atomic mass is 19.1. The topological polar surface area (TPSA) is 40.5 Å². The number of rotatable bonds is 4. The largest absolute Gasteiger partial charge is 0.480 e. The summed E-state index contributed by atoms with van der Waals surface area (Å²) < 4.78 is 12.9. The highest BCUT2D eigenvalue weighted by Crippen LogP contribution is 2.24. The summed E-state index contributed by atoms with van der Waals surface area (Å²) in [6.45, 7) is -0.171. The van der Waals surface area contributed by atoms with Gasteiger partial charge in [0, 0.05) is 11.4 Å². The molecule has 0 aromatic heterocycles. The zero-order valence-corrected chi connectivity index (χ0v) is 9.58. The van der Waals surface area contributed by atoms with Crippen LogP contribution in [0.1, 0.15) is 0 Å². The van der Waals surface area contributed by atoms with E-state index in [1.54, 1.807) is 17.0 Å². The van der Waals surface area contributed by atoms with Crippen molar-refractivity contribution in [2.75, 3.05) is 11.4 Å². The minimum absolute atomic E-state index is 0.171. The van der Waals surface area contributed by atoms with Crippen LogP contribution in [0.15, 0.2) is 54.6 Å². The summed E-state index contributed by atoms with van der Waals surface area (Å²) in [6.07, 6.45) is 0. The van der Waals surface area contributed by atoms with Gasteiger partial charge in [0.05, 0.1) is 0 Å². The number of carboxylic acid groups (broad SMARTS) is 1. The lowest BCUT2D eigenvalue weighted by atomic mass is 10.2. The molecular formula is C14H12FNO2. The molecular weight excluding hydrogens is 233 g/mol. The fraction of sp³-hybridized carbons (Fsp3) is 0.0714. The van der Waals surface area contributed by atoms with Crippen molar-refractivity contribution in [2.45, 2.75) is 0 Å². The van der Waals surface area contributed by atoms with E-state index in [1.165, 1.54) is 12.1 Å². The molecule has 2 aromatic rings. The molecule has 2 rings (SSSR count). The summed E-state index contributed by atoms with van der Waals surface area (Å²) in [5, 5.41) is 8.95. The van der Waals surface area contributed by atoms with E-state index in [9.17, 15) is 9.18 Å². The van der Waals surface area contributed by atoms with E-state index in [1.807, 2.05) is 30.3 Å². The lowest BCUT2D eigenvalue weighted by molar-refractivity contribution is -0.135. The highest BCUT2D eigenvalue weighted by Gasteiger charge is 2.12. The van der Waals surface area contributed by atoms with Gasteiger partial charge < -0.3 is 10.0 Å². The van der Waals surface area contributed by atoms with Gasteiger partial charge in [-0.1, -0.05) is 18.2 Å². The first kappa shape index (κ1) is 12.1. The van der Waals surface area contributed by atoms with E-state index >= 15 is 0 Å². The first-order valence-corrected chi connectivity index (χ1v) is 5.47. The molecule has 92 valence electrons. The van der Waals surface area contributed by atoms with Crippen molar-refractivity contribution in [1.82, 2.24) is 0 Å². The molecule has 0 spiro atoms. The van der Waals surface area contributed by atoms with Gasteiger partial charge in [0.2, 0.25) is 0 Å². The fourth-order valence-electron chi connectivity index (χ4n) is 1.70. The normalized spacial score (nSPS) is 10.1. The molecule has 1 N–H and O–H groups in total. The molecule has 0 unspecified atom stereocenters. The summed E-state index contributed by atoms with van der Waals surface area (Å²) in [7, 11) is 0. The third-order valence-electron chi connectivity index (χ3n) is 2.50. The number of hydrogen-bond acceptors (Lipinski definition) is 2. The molecule has 2 aromatic carbocycles. The Labute approximate surface area is 104 Å². The molecule has 0 atom stereocenters. The van der Waals surface area contributed by atoms with Crippen LogP contribution in [0.2, 0.25) is 0 Å². The van der Waals surface area contributed by atoms with E-state index in [0.29, 0.717) is 5.69 Å². The minimum Gasteiger partial charge on any atom is -0.480 e. The Hall–Kier alpha value is -2.36. The van der Waals surface area contributed by atoms with Crippen LogP contribution in [-0.2, 0) is 4.79 Å². The summed E-state index contributed by atoms with van der Waals surface area (Å²) in [5.74, 6) is -1.29. The summed E-state index contributed by atoms with van der Waals surface area (Å²) in [4.78, 5) is 12.5. The second kappa shape index (κ2) is 5.31.